The fourth-order valence-electron chi connectivity index (χ4n) is 4.09. The molecule has 5 heterocycles. The first kappa shape index (κ1) is 19.2. The highest BCUT2D eigenvalue weighted by atomic mass is 16.1. The lowest BCUT2D eigenvalue weighted by Crippen LogP contribution is -2.40. The van der Waals surface area contributed by atoms with Gasteiger partial charge in [-0.05, 0) is 30.9 Å². The van der Waals surface area contributed by atoms with Gasteiger partial charge in [0.15, 0.2) is 11.5 Å². The van der Waals surface area contributed by atoms with Crippen LogP contribution in [0.4, 0.5) is 5.95 Å². The Labute approximate surface area is 177 Å². The molecule has 0 atom stereocenters. The van der Waals surface area contributed by atoms with Gasteiger partial charge < -0.3 is 4.90 Å². The van der Waals surface area contributed by atoms with E-state index in [9.17, 15) is 9.59 Å². The van der Waals surface area contributed by atoms with Crippen LogP contribution in [0, 0.1) is 5.92 Å². The second kappa shape index (κ2) is 7.49. The Morgan fingerprint density at radius 2 is 1.90 bits per heavy atom. The molecular weight excluding hydrogens is 398 g/mol. The van der Waals surface area contributed by atoms with Crippen LogP contribution in [0.1, 0.15) is 12.8 Å². The third-order valence-corrected chi connectivity index (χ3v) is 5.77. The topological polar surface area (TPSA) is 109 Å². The lowest BCUT2D eigenvalue weighted by Gasteiger charge is -2.33. The summed E-state index contributed by atoms with van der Waals surface area (Å²) in [5.74, 6) is 1.56. The van der Waals surface area contributed by atoms with Crippen LogP contribution < -0.4 is 16.0 Å². The molecule has 1 aliphatic rings. The number of aromatic nitrogens is 8. The number of anilines is 1. The van der Waals surface area contributed by atoms with Crippen molar-refractivity contribution in [2.24, 2.45) is 20.0 Å². The van der Waals surface area contributed by atoms with E-state index in [0.717, 1.165) is 25.9 Å². The molecular formula is C20H23N9O2. The summed E-state index contributed by atoms with van der Waals surface area (Å²) in [5, 5.41) is 13.5. The van der Waals surface area contributed by atoms with Gasteiger partial charge in [0.1, 0.15) is 5.39 Å². The van der Waals surface area contributed by atoms with Crippen molar-refractivity contribution in [2.45, 2.75) is 19.4 Å². The minimum absolute atomic E-state index is 0.0959. The molecule has 4 aromatic rings. The third-order valence-electron chi connectivity index (χ3n) is 5.77. The molecule has 1 aliphatic heterocycles. The molecule has 0 spiro atoms. The van der Waals surface area contributed by atoms with E-state index in [1.807, 2.05) is 6.07 Å². The summed E-state index contributed by atoms with van der Waals surface area (Å²) in [7, 11) is 3.52. The molecule has 11 nitrogen and oxygen atoms in total. The van der Waals surface area contributed by atoms with E-state index in [2.05, 4.69) is 25.2 Å². The second-order valence-corrected chi connectivity index (χ2v) is 7.91. The SMILES string of the molecule is Cn1cc2c(=O)n(C)c(N3CCC(Cn4nc(-n5cccn5)ccc4=O)CC3)nc2n1. The van der Waals surface area contributed by atoms with Gasteiger partial charge in [0.05, 0.1) is 0 Å². The number of rotatable bonds is 4. The van der Waals surface area contributed by atoms with Gasteiger partial charge >= 0.3 is 0 Å². The predicted octanol–water partition coefficient (Wildman–Crippen LogP) is 0.326. The van der Waals surface area contributed by atoms with Crippen molar-refractivity contribution >= 4 is 17.0 Å². The van der Waals surface area contributed by atoms with Gasteiger partial charge in [0.2, 0.25) is 5.95 Å². The van der Waals surface area contributed by atoms with E-state index in [1.54, 1.807) is 52.7 Å². The zero-order valence-electron chi connectivity index (χ0n) is 17.4. The van der Waals surface area contributed by atoms with Gasteiger partial charge in [-0.3, -0.25) is 18.8 Å². The summed E-state index contributed by atoms with van der Waals surface area (Å²) in [6, 6.07) is 5.02. The van der Waals surface area contributed by atoms with Gasteiger partial charge in [0, 0.05) is 58.4 Å². The Kier molecular flexibility index (Phi) is 4.64. The first-order chi connectivity index (χ1) is 15.0. The lowest BCUT2D eigenvalue weighted by molar-refractivity contribution is 0.331. The van der Waals surface area contributed by atoms with Gasteiger partial charge in [-0.2, -0.15) is 15.2 Å². The van der Waals surface area contributed by atoms with Crippen molar-refractivity contribution < 1.29 is 0 Å². The van der Waals surface area contributed by atoms with Crippen molar-refractivity contribution in [1.29, 1.82) is 0 Å². The van der Waals surface area contributed by atoms with Gasteiger partial charge in [-0.25, -0.2) is 9.36 Å². The summed E-state index contributed by atoms with van der Waals surface area (Å²) in [5.41, 5.74) is 0.248. The zero-order chi connectivity index (χ0) is 21.5. The summed E-state index contributed by atoms with van der Waals surface area (Å²) in [6.45, 7) is 2.04. The van der Waals surface area contributed by atoms with Crippen LogP contribution in [0.15, 0.2) is 46.4 Å². The van der Waals surface area contributed by atoms with Crippen LogP contribution in [0.3, 0.4) is 0 Å². The molecule has 0 N–H and O–H groups in total. The minimum Gasteiger partial charge on any atom is -0.342 e. The van der Waals surface area contributed by atoms with E-state index in [1.165, 1.54) is 10.7 Å². The first-order valence-corrected chi connectivity index (χ1v) is 10.2. The monoisotopic (exact) mass is 421 g/mol. The molecule has 160 valence electrons. The molecule has 0 bridgehead atoms. The molecule has 0 aliphatic carbocycles. The summed E-state index contributed by atoms with van der Waals surface area (Å²) < 4.78 is 6.35. The van der Waals surface area contributed by atoms with Gasteiger partial charge in [0.25, 0.3) is 11.1 Å². The molecule has 0 amide bonds. The van der Waals surface area contributed by atoms with Crippen LogP contribution >= 0.6 is 0 Å². The molecule has 31 heavy (non-hydrogen) atoms. The van der Waals surface area contributed by atoms with E-state index in [4.69, 9.17) is 0 Å². The van der Waals surface area contributed by atoms with Crippen LogP contribution in [-0.4, -0.2) is 52.0 Å². The molecule has 0 unspecified atom stereocenters. The van der Waals surface area contributed by atoms with E-state index >= 15 is 0 Å². The summed E-state index contributed by atoms with van der Waals surface area (Å²) in [4.78, 5) is 31.7. The smallest absolute Gasteiger partial charge is 0.266 e. The average molecular weight is 421 g/mol. The zero-order valence-corrected chi connectivity index (χ0v) is 17.4. The molecule has 0 radical (unpaired) electrons. The fraction of sp³-hybridized carbons (Fsp3) is 0.400. The quantitative estimate of drug-likeness (QED) is 0.467. The molecule has 5 rings (SSSR count). The van der Waals surface area contributed by atoms with Crippen LogP contribution in [-0.2, 0) is 20.6 Å². The number of piperidine rings is 1. The van der Waals surface area contributed by atoms with Crippen molar-refractivity contribution in [2.75, 3.05) is 18.0 Å². The number of aryl methyl sites for hydroxylation is 1. The number of fused-ring (bicyclic) bond motifs is 1. The number of nitrogens with zero attached hydrogens (tertiary/aromatic N) is 9. The normalized spacial score (nSPS) is 15.1. The number of hydrogen-bond acceptors (Lipinski definition) is 7. The van der Waals surface area contributed by atoms with E-state index in [-0.39, 0.29) is 11.1 Å². The summed E-state index contributed by atoms with van der Waals surface area (Å²) in [6.07, 6.45) is 6.91. The Hall–Kier alpha value is -3.76. The second-order valence-electron chi connectivity index (χ2n) is 7.91. The standard InChI is InChI=1S/C20H23N9O2/c1-25-13-15-18(24-25)22-20(26(2)19(15)31)27-10-6-14(7-11-27)12-29-17(30)5-4-16(23-29)28-9-3-8-21-28/h3-5,8-9,13-14H,6-7,10-12H2,1-2H3. The van der Waals surface area contributed by atoms with E-state index < -0.39 is 0 Å². The lowest BCUT2D eigenvalue weighted by atomic mass is 9.97. The highest BCUT2D eigenvalue weighted by Gasteiger charge is 2.24. The average Bonchev–Trinajstić information content (AvgIpc) is 3.43. The van der Waals surface area contributed by atoms with Crippen LogP contribution in [0.5, 0.6) is 0 Å². The Morgan fingerprint density at radius 3 is 2.65 bits per heavy atom. The maximum Gasteiger partial charge on any atom is 0.266 e. The maximum atomic E-state index is 12.7. The van der Waals surface area contributed by atoms with Gasteiger partial charge in [-0.15, -0.1) is 5.10 Å². The maximum absolute atomic E-state index is 12.7. The van der Waals surface area contributed by atoms with Gasteiger partial charge in [-0.1, -0.05) is 0 Å². The molecule has 1 saturated heterocycles. The largest absolute Gasteiger partial charge is 0.342 e. The molecule has 11 heteroatoms. The third kappa shape index (κ3) is 3.51. The highest BCUT2D eigenvalue weighted by molar-refractivity contribution is 5.74. The highest BCUT2D eigenvalue weighted by Crippen LogP contribution is 2.23. The van der Waals surface area contributed by atoms with Crippen molar-refractivity contribution in [3.05, 3.63) is 57.5 Å². The fourth-order valence-corrected chi connectivity index (χ4v) is 4.09. The van der Waals surface area contributed by atoms with Crippen molar-refractivity contribution in [1.82, 2.24) is 38.9 Å². The van der Waals surface area contributed by atoms with Crippen LogP contribution in [0.2, 0.25) is 0 Å². The molecule has 0 saturated carbocycles. The van der Waals surface area contributed by atoms with Crippen LogP contribution in [0.25, 0.3) is 16.9 Å². The molecule has 1 fully saturated rings. The first-order valence-electron chi connectivity index (χ1n) is 10.2. The van der Waals surface area contributed by atoms with E-state index in [0.29, 0.717) is 35.3 Å². The Morgan fingerprint density at radius 1 is 1.10 bits per heavy atom. The van der Waals surface area contributed by atoms with Crippen molar-refractivity contribution in [3.8, 4) is 5.82 Å². The predicted molar refractivity (Wildman–Crippen MR) is 114 cm³/mol. The van der Waals surface area contributed by atoms with Crippen molar-refractivity contribution in [3.63, 3.8) is 0 Å². The minimum atomic E-state index is -0.122. The Bertz CT molecular complexity index is 1340. The molecule has 0 aromatic carbocycles. The molecule has 4 aromatic heterocycles. The summed E-state index contributed by atoms with van der Waals surface area (Å²) >= 11 is 0. The Balaban J connectivity index is 1.32. The number of hydrogen-bond donors (Lipinski definition) is 0.